The van der Waals surface area contributed by atoms with Crippen LogP contribution in [0.3, 0.4) is 0 Å². The minimum Gasteiger partial charge on any atom is -0.494 e. The topological polar surface area (TPSA) is 71.5 Å². The van der Waals surface area contributed by atoms with Gasteiger partial charge in [0.2, 0.25) is 0 Å². The lowest BCUT2D eigenvalue weighted by Gasteiger charge is -2.16. The van der Waals surface area contributed by atoms with Gasteiger partial charge in [-0.1, -0.05) is 54.6 Å². The SMILES string of the molecule is O=C(O)CC1Cc2ccc(OCCCNc3nccc4ccccc34)cc2Cc2ccccc21. The van der Waals surface area contributed by atoms with E-state index in [9.17, 15) is 9.90 Å². The van der Waals surface area contributed by atoms with Crippen LogP contribution in [0.4, 0.5) is 5.82 Å². The molecule has 1 aliphatic carbocycles. The molecule has 1 heterocycles. The van der Waals surface area contributed by atoms with Crippen molar-refractivity contribution in [2.24, 2.45) is 0 Å². The molecular formula is C29H28N2O3. The van der Waals surface area contributed by atoms with Crippen molar-refractivity contribution in [3.63, 3.8) is 0 Å². The number of pyridine rings is 1. The van der Waals surface area contributed by atoms with Crippen LogP contribution in [-0.4, -0.2) is 29.2 Å². The number of nitrogens with one attached hydrogen (secondary N) is 1. The summed E-state index contributed by atoms with van der Waals surface area (Å²) in [5.74, 6) is 1.000. The molecule has 0 bridgehead atoms. The molecule has 1 aliphatic rings. The Morgan fingerprint density at radius 2 is 1.85 bits per heavy atom. The Labute approximate surface area is 199 Å². The summed E-state index contributed by atoms with van der Waals surface area (Å²) < 4.78 is 6.06. The molecule has 34 heavy (non-hydrogen) atoms. The van der Waals surface area contributed by atoms with Crippen LogP contribution in [0.1, 0.15) is 41.0 Å². The molecule has 172 valence electrons. The van der Waals surface area contributed by atoms with E-state index in [1.165, 1.54) is 22.1 Å². The van der Waals surface area contributed by atoms with Crippen LogP contribution < -0.4 is 10.1 Å². The van der Waals surface area contributed by atoms with Gasteiger partial charge in [-0.2, -0.15) is 0 Å². The van der Waals surface area contributed by atoms with Crippen LogP contribution in [0.25, 0.3) is 10.8 Å². The molecule has 0 radical (unpaired) electrons. The minimum atomic E-state index is -0.754. The van der Waals surface area contributed by atoms with Gasteiger partial charge in [-0.15, -0.1) is 0 Å². The molecule has 5 rings (SSSR count). The number of carboxylic acids is 1. The van der Waals surface area contributed by atoms with Gasteiger partial charge >= 0.3 is 5.97 Å². The molecule has 1 unspecified atom stereocenters. The van der Waals surface area contributed by atoms with Gasteiger partial charge in [0.05, 0.1) is 13.0 Å². The Balaban J connectivity index is 1.21. The number of hydrogen-bond donors (Lipinski definition) is 2. The van der Waals surface area contributed by atoms with Gasteiger partial charge in [0.15, 0.2) is 0 Å². The molecule has 4 aromatic rings. The summed E-state index contributed by atoms with van der Waals surface area (Å²) >= 11 is 0. The smallest absolute Gasteiger partial charge is 0.303 e. The van der Waals surface area contributed by atoms with Crippen molar-refractivity contribution in [1.82, 2.24) is 4.98 Å². The second kappa shape index (κ2) is 9.96. The van der Waals surface area contributed by atoms with Crippen molar-refractivity contribution in [3.8, 4) is 5.75 Å². The first-order valence-electron chi connectivity index (χ1n) is 11.8. The van der Waals surface area contributed by atoms with Crippen molar-refractivity contribution in [1.29, 1.82) is 0 Å². The third-order valence-electron chi connectivity index (χ3n) is 6.50. The highest BCUT2D eigenvalue weighted by molar-refractivity contribution is 5.91. The summed E-state index contributed by atoms with van der Waals surface area (Å²) in [6.45, 7) is 1.38. The van der Waals surface area contributed by atoms with Crippen LogP contribution in [0.15, 0.2) is 79.0 Å². The standard InChI is InChI=1S/C29H28N2O3/c32-28(33)19-24-16-21-10-11-25(18-23(21)17-22-7-2-3-8-26(22)24)34-15-5-13-30-29-27-9-4-1-6-20(27)12-14-31-29/h1-4,6-12,14,18,24H,5,13,15-17,19H2,(H,30,31)(H,32,33). The van der Waals surface area contributed by atoms with Crippen LogP contribution in [0.2, 0.25) is 0 Å². The summed E-state index contributed by atoms with van der Waals surface area (Å²) in [5, 5.41) is 15.1. The predicted molar refractivity (Wildman–Crippen MR) is 135 cm³/mol. The molecule has 1 aromatic heterocycles. The lowest BCUT2D eigenvalue weighted by molar-refractivity contribution is -0.137. The number of anilines is 1. The number of benzene rings is 3. The molecule has 5 heteroatoms. The van der Waals surface area contributed by atoms with Crippen molar-refractivity contribution in [3.05, 3.63) is 101 Å². The highest BCUT2D eigenvalue weighted by Crippen LogP contribution is 2.35. The maximum atomic E-state index is 11.5. The Bertz CT molecular complexity index is 1310. The first-order chi connectivity index (χ1) is 16.7. The molecule has 0 amide bonds. The second-order valence-corrected chi connectivity index (χ2v) is 8.81. The van der Waals surface area contributed by atoms with Crippen molar-refractivity contribution < 1.29 is 14.6 Å². The van der Waals surface area contributed by atoms with Crippen LogP contribution in [-0.2, 0) is 17.6 Å². The summed E-state index contributed by atoms with van der Waals surface area (Å²) in [5.41, 5.74) is 4.78. The number of ether oxygens (including phenoxy) is 1. The van der Waals surface area contributed by atoms with Crippen molar-refractivity contribution in [2.75, 3.05) is 18.5 Å². The van der Waals surface area contributed by atoms with E-state index in [1.807, 2.05) is 42.6 Å². The van der Waals surface area contributed by atoms with E-state index in [4.69, 9.17) is 4.74 Å². The van der Waals surface area contributed by atoms with Crippen LogP contribution in [0, 0.1) is 0 Å². The number of aromatic nitrogens is 1. The van der Waals surface area contributed by atoms with Gasteiger partial charge in [-0.05, 0) is 71.0 Å². The largest absolute Gasteiger partial charge is 0.494 e. The number of aliphatic carboxylic acids is 1. The van der Waals surface area contributed by atoms with Gasteiger partial charge in [-0.3, -0.25) is 4.79 Å². The fraction of sp³-hybridized carbons (Fsp3) is 0.241. The van der Waals surface area contributed by atoms with E-state index in [0.717, 1.165) is 48.3 Å². The maximum absolute atomic E-state index is 11.5. The number of fused-ring (bicyclic) bond motifs is 3. The maximum Gasteiger partial charge on any atom is 0.303 e. The summed E-state index contributed by atoms with van der Waals surface area (Å²) in [7, 11) is 0. The molecule has 0 spiro atoms. The normalized spacial score (nSPS) is 14.6. The van der Waals surface area contributed by atoms with E-state index in [-0.39, 0.29) is 12.3 Å². The molecule has 0 fully saturated rings. The average Bonchev–Trinajstić information content (AvgIpc) is 2.99. The fourth-order valence-electron chi connectivity index (χ4n) is 4.85. The number of hydrogen-bond acceptors (Lipinski definition) is 4. The Hall–Kier alpha value is -3.86. The fourth-order valence-corrected chi connectivity index (χ4v) is 4.85. The van der Waals surface area contributed by atoms with Gasteiger partial charge in [0.1, 0.15) is 11.6 Å². The highest BCUT2D eigenvalue weighted by atomic mass is 16.5. The van der Waals surface area contributed by atoms with Gasteiger partial charge in [0, 0.05) is 18.1 Å². The van der Waals surface area contributed by atoms with Gasteiger partial charge < -0.3 is 15.2 Å². The van der Waals surface area contributed by atoms with E-state index >= 15 is 0 Å². The van der Waals surface area contributed by atoms with Crippen molar-refractivity contribution >= 4 is 22.6 Å². The third kappa shape index (κ3) is 4.88. The summed E-state index contributed by atoms with van der Waals surface area (Å²) in [6.07, 6.45) is 4.36. The lowest BCUT2D eigenvalue weighted by Crippen LogP contribution is -2.10. The van der Waals surface area contributed by atoms with E-state index in [0.29, 0.717) is 6.61 Å². The second-order valence-electron chi connectivity index (χ2n) is 8.81. The van der Waals surface area contributed by atoms with Crippen LogP contribution in [0.5, 0.6) is 5.75 Å². The van der Waals surface area contributed by atoms with E-state index in [2.05, 4.69) is 46.7 Å². The predicted octanol–water partition coefficient (Wildman–Crippen LogP) is 5.82. The number of carbonyl (C=O) groups is 1. The quantitative estimate of drug-likeness (QED) is 0.330. The number of nitrogens with zero attached hydrogens (tertiary/aromatic N) is 1. The number of carboxylic acid groups (broad SMARTS) is 1. The lowest BCUT2D eigenvalue weighted by atomic mass is 9.89. The first kappa shape index (κ1) is 22.0. The van der Waals surface area contributed by atoms with Gasteiger partial charge in [-0.25, -0.2) is 4.98 Å². The zero-order valence-corrected chi connectivity index (χ0v) is 19.0. The first-order valence-corrected chi connectivity index (χ1v) is 11.8. The molecule has 0 aliphatic heterocycles. The highest BCUT2D eigenvalue weighted by Gasteiger charge is 2.24. The van der Waals surface area contributed by atoms with Crippen molar-refractivity contribution in [2.45, 2.75) is 31.6 Å². The van der Waals surface area contributed by atoms with Gasteiger partial charge in [0.25, 0.3) is 0 Å². The average molecular weight is 453 g/mol. The third-order valence-corrected chi connectivity index (χ3v) is 6.50. The molecule has 0 saturated heterocycles. The molecule has 2 N–H and O–H groups in total. The van der Waals surface area contributed by atoms with E-state index in [1.54, 1.807) is 0 Å². The van der Waals surface area contributed by atoms with Crippen LogP contribution >= 0.6 is 0 Å². The Morgan fingerprint density at radius 3 is 2.76 bits per heavy atom. The zero-order valence-electron chi connectivity index (χ0n) is 19.0. The molecule has 5 nitrogen and oxygen atoms in total. The Morgan fingerprint density at radius 1 is 1.00 bits per heavy atom. The molecular weight excluding hydrogens is 424 g/mol. The monoisotopic (exact) mass is 452 g/mol. The summed E-state index contributed by atoms with van der Waals surface area (Å²) in [4.78, 5) is 15.9. The minimum absolute atomic E-state index is 0.00419. The van der Waals surface area contributed by atoms with E-state index < -0.39 is 5.97 Å². The molecule has 0 saturated carbocycles. The molecule has 1 atom stereocenters. The molecule has 3 aromatic carbocycles. The zero-order chi connectivity index (χ0) is 23.3. The summed E-state index contributed by atoms with van der Waals surface area (Å²) in [6, 6.07) is 24.7. The Kier molecular flexibility index (Phi) is 6.43. The number of rotatable bonds is 8.